The number of benzene rings is 1. The largest absolute Gasteiger partial charge is 0.497 e. The van der Waals surface area contributed by atoms with Gasteiger partial charge in [0, 0.05) is 12.7 Å². The lowest BCUT2D eigenvalue weighted by molar-refractivity contribution is 0.414. The van der Waals surface area contributed by atoms with Crippen LogP contribution in [0.15, 0.2) is 36.8 Å². The smallest absolute Gasteiger partial charge is 0.119 e. The number of rotatable bonds is 3. The summed E-state index contributed by atoms with van der Waals surface area (Å²) >= 11 is 2.20. The van der Waals surface area contributed by atoms with Crippen LogP contribution in [0.25, 0.3) is 0 Å². The van der Waals surface area contributed by atoms with E-state index in [9.17, 15) is 0 Å². The second-order valence-electron chi connectivity index (χ2n) is 3.22. The van der Waals surface area contributed by atoms with Crippen LogP contribution in [0.5, 0.6) is 5.75 Å². The molecule has 0 radical (unpaired) electrons. The molecule has 0 aliphatic carbocycles. The Morgan fingerprint density at radius 2 is 2.07 bits per heavy atom. The van der Waals surface area contributed by atoms with Crippen molar-refractivity contribution < 1.29 is 4.74 Å². The summed E-state index contributed by atoms with van der Waals surface area (Å²) in [5.41, 5.74) is 1.24. The molecule has 15 heavy (non-hydrogen) atoms. The fraction of sp³-hybridized carbons (Fsp3) is 0.182. The molecule has 1 aromatic heterocycles. The first kappa shape index (κ1) is 10.5. The summed E-state index contributed by atoms with van der Waals surface area (Å²) in [4.78, 5) is 4.17. The van der Waals surface area contributed by atoms with Gasteiger partial charge in [-0.1, -0.05) is 12.1 Å². The Morgan fingerprint density at radius 1 is 1.33 bits per heavy atom. The average Bonchev–Trinajstić information content (AvgIpc) is 2.65. The van der Waals surface area contributed by atoms with Gasteiger partial charge in [0.2, 0.25) is 0 Å². The molecule has 0 unspecified atom stereocenters. The molecular weight excluding hydrogens is 303 g/mol. The SMILES string of the molecule is COc1ccc(Cn2cnc(I)c2)cc1. The second-order valence-corrected chi connectivity index (χ2v) is 4.32. The summed E-state index contributed by atoms with van der Waals surface area (Å²) in [5.74, 6) is 0.888. The van der Waals surface area contributed by atoms with E-state index in [1.807, 2.05) is 24.7 Å². The number of hydrogen-bond donors (Lipinski definition) is 0. The van der Waals surface area contributed by atoms with Crippen molar-refractivity contribution in [2.75, 3.05) is 7.11 Å². The zero-order valence-corrected chi connectivity index (χ0v) is 10.5. The normalized spacial score (nSPS) is 10.3. The van der Waals surface area contributed by atoms with Gasteiger partial charge in [0.1, 0.15) is 9.45 Å². The van der Waals surface area contributed by atoms with Gasteiger partial charge >= 0.3 is 0 Å². The van der Waals surface area contributed by atoms with E-state index >= 15 is 0 Å². The summed E-state index contributed by atoms with van der Waals surface area (Å²) in [6.07, 6.45) is 3.86. The van der Waals surface area contributed by atoms with Crippen LogP contribution in [-0.4, -0.2) is 16.7 Å². The maximum atomic E-state index is 5.10. The first-order valence-electron chi connectivity index (χ1n) is 4.58. The summed E-state index contributed by atoms with van der Waals surface area (Å²) < 4.78 is 8.18. The third kappa shape index (κ3) is 2.71. The minimum Gasteiger partial charge on any atom is -0.497 e. The predicted octanol–water partition coefficient (Wildman–Crippen LogP) is 2.54. The minimum absolute atomic E-state index is 0.847. The van der Waals surface area contributed by atoms with E-state index in [2.05, 4.69) is 44.3 Å². The number of aromatic nitrogens is 2. The lowest BCUT2D eigenvalue weighted by atomic mass is 10.2. The Morgan fingerprint density at radius 3 is 2.60 bits per heavy atom. The summed E-state index contributed by atoms with van der Waals surface area (Å²) in [7, 11) is 1.67. The zero-order valence-electron chi connectivity index (χ0n) is 8.35. The van der Waals surface area contributed by atoms with Crippen molar-refractivity contribution in [3.05, 3.63) is 46.1 Å². The fourth-order valence-corrected chi connectivity index (χ4v) is 1.84. The van der Waals surface area contributed by atoms with Gasteiger partial charge in [-0.15, -0.1) is 0 Å². The number of nitrogens with zero attached hydrogens (tertiary/aromatic N) is 2. The first-order chi connectivity index (χ1) is 7.28. The third-order valence-electron chi connectivity index (χ3n) is 2.13. The molecule has 2 rings (SSSR count). The summed E-state index contributed by atoms with van der Waals surface area (Å²) in [6.45, 7) is 0.847. The molecule has 0 bridgehead atoms. The van der Waals surface area contributed by atoms with Crippen LogP contribution < -0.4 is 4.74 Å². The lowest BCUT2D eigenvalue weighted by Gasteiger charge is -2.03. The molecule has 2 aromatic rings. The fourth-order valence-electron chi connectivity index (χ4n) is 1.36. The van der Waals surface area contributed by atoms with E-state index in [0.29, 0.717) is 0 Å². The molecule has 0 amide bonds. The maximum absolute atomic E-state index is 5.10. The van der Waals surface area contributed by atoms with Crippen molar-refractivity contribution in [2.24, 2.45) is 0 Å². The van der Waals surface area contributed by atoms with Gasteiger partial charge in [0.05, 0.1) is 13.4 Å². The average molecular weight is 314 g/mol. The molecule has 0 saturated carbocycles. The highest BCUT2D eigenvalue weighted by Crippen LogP contribution is 2.12. The molecule has 4 heteroatoms. The Labute approximate surface area is 102 Å². The van der Waals surface area contributed by atoms with Crippen LogP contribution in [0.2, 0.25) is 0 Å². The van der Waals surface area contributed by atoms with Gasteiger partial charge in [0.15, 0.2) is 0 Å². The number of ether oxygens (including phenoxy) is 1. The lowest BCUT2D eigenvalue weighted by Crippen LogP contribution is -1.96. The Balaban J connectivity index is 2.11. The molecule has 0 N–H and O–H groups in total. The van der Waals surface area contributed by atoms with Crippen LogP contribution in [0, 0.1) is 3.70 Å². The molecule has 0 atom stereocenters. The molecule has 78 valence electrons. The minimum atomic E-state index is 0.847. The molecule has 0 fully saturated rings. The van der Waals surface area contributed by atoms with Gasteiger partial charge in [-0.2, -0.15) is 0 Å². The standard InChI is InChI=1S/C11H11IN2O/c1-15-10-4-2-9(3-5-10)6-14-7-11(12)13-8-14/h2-5,7-8H,6H2,1H3. The molecule has 0 saturated heterocycles. The van der Waals surface area contributed by atoms with Crippen molar-refractivity contribution in [1.82, 2.24) is 9.55 Å². The van der Waals surface area contributed by atoms with Crippen LogP contribution in [0.1, 0.15) is 5.56 Å². The highest BCUT2D eigenvalue weighted by Gasteiger charge is 1.97. The van der Waals surface area contributed by atoms with Crippen LogP contribution >= 0.6 is 22.6 Å². The molecule has 0 aliphatic heterocycles. The monoisotopic (exact) mass is 314 g/mol. The van der Waals surface area contributed by atoms with Crippen molar-refractivity contribution >= 4 is 22.6 Å². The van der Waals surface area contributed by atoms with Gasteiger partial charge in [-0.3, -0.25) is 0 Å². The van der Waals surface area contributed by atoms with Crippen molar-refractivity contribution in [3.63, 3.8) is 0 Å². The van der Waals surface area contributed by atoms with E-state index in [4.69, 9.17) is 4.74 Å². The Bertz CT molecular complexity index is 436. The van der Waals surface area contributed by atoms with Crippen molar-refractivity contribution in [1.29, 1.82) is 0 Å². The molecule has 0 aliphatic rings. The molecule has 0 spiro atoms. The van der Waals surface area contributed by atoms with Crippen LogP contribution in [-0.2, 0) is 6.54 Å². The predicted molar refractivity (Wildman–Crippen MR) is 67.0 cm³/mol. The van der Waals surface area contributed by atoms with Gasteiger partial charge < -0.3 is 9.30 Å². The highest BCUT2D eigenvalue weighted by atomic mass is 127. The Hall–Kier alpha value is -1.04. The van der Waals surface area contributed by atoms with Crippen LogP contribution in [0.4, 0.5) is 0 Å². The number of methoxy groups -OCH3 is 1. The highest BCUT2D eigenvalue weighted by molar-refractivity contribution is 14.1. The van der Waals surface area contributed by atoms with E-state index < -0.39 is 0 Å². The van der Waals surface area contributed by atoms with Gasteiger partial charge in [-0.25, -0.2) is 4.98 Å². The van der Waals surface area contributed by atoms with Gasteiger partial charge in [-0.05, 0) is 40.3 Å². The summed E-state index contributed by atoms with van der Waals surface area (Å²) in [5, 5.41) is 0. The third-order valence-corrected chi connectivity index (χ3v) is 2.68. The quantitative estimate of drug-likeness (QED) is 0.814. The molecule has 1 aromatic carbocycles. The number of hydrogen-bond acceptors (Lipinski definition) is 2. The van der Waals surface area contributed by atoms with E-state index in [-0.39, 0.29) is 0 Å². The number of imidazole rings is 1. The van der Waals surface area contributed by atoms with Gasteiger partial charge in [0.25, 0.3) is 0 Å². The van der Waals surface area contributed by atoms with Crippen molar-refractivity contribution in [2.45, 2.75) is 6.54 Å². The van der Waals surface area contributed by atoms with Crippen LogP contribution in [0.3, 0.4) is 0 Å². The Kier molecular flexibility index (Phi) is 3.25. The van der Waals surface area contributed by atoms with E-state index in [1.54, 1.807) is 7.11 Å². The topological polar surface area (TPSA) is 27.1 Å². The molecular formula is C11H11IN2O. The van der Waals surface area contributed by atoms with E-state index in [1.165, 1.54) is 5.56 Å². The number of halogens is 1. The molecule has 1 heterocycles. The van der Waals surface area contributed by atoms with Crippen molar-refractivity contribution in [3.8, 4) is 5.75 Å². The second kappa shape index (κ2) is 4.65. The summed E-state index contributed by atoms with van der Waals surface area (Å²) in [6, 6.07) is 8.06. The maximum Gasteiger partial charge on any atom is 0.119 e. The zero-order chi connectivity index (χ0) is 10.7. The molecule has 3 nitrogen and oxygen atoms in total. The first-order valence-corrected chi connectivity index (χ1v) is 5.66. The van der Waals surface area contributed by atoms with E-state index in [0.717, 1.165) is 16.0 Å².